The van der Waals surface area contributed by atoms with Crippen LogP contribution in [0.2, 0.25) is 0 Å². The smallest absolute Gasteiger partial charge is 0.379 e. The zero-order chi connectivity index (χ0) is 14.5. The Balaban J connectivity index is 2.69. The van der Waals surface area contributed by atoms with Crippen molar-refractivity contribution in [3.05, 3.63) is 0 Å². The molecule has 0 aromatic heterocycles. The first-order chi connectivity index (χ1) is 8.89. The maximum Gasteiger partial charge on any atom is 0.406 e. The number of carbonyl (C=O) groups excluding carboxylic acids is 1. The lowest BCUT2D eigenvalue weighted by Crippen LogP contribution is -2.48. The summed E-state index contributed by atoms with van der Waals surface area (Å²) in [4.78, 5) is 13.1. The van der Waals surface area contributed by atoms with Crippen LogP contribution in [0.3, 0.4) is 0 Å². The summed E-state index contributed by atoms with van der Waals surface area (Å²) >= 11 is 0. The highest BCUT2D eigenvalue weighted by Gasteiger charge is 2.39. The summed E-state index contributed by atoms with van der Waals surface area (Å²) in [6, 6.07) is -0.204. The lowest BCUT2D eigenvalue weighted by Gasteiger charge is -2.28. The van der Waals surface area contributed by atoms with Gasteiger partial charge in [0, 0.05) is 12.6 Å². The number of hydrogen-bond donors (Lipinski definition) is 1. The summed E-state index contributed by atoms with van der Waals surface area (Å²) in [5, 5.41) is 2.91. The van der Waals surface area contributed by atoms with Crippen molar-refractivity contribution in [2.24, 2.45) is 5.92 Å². The average Bonchev–Trinajstić information content (AvgIpc) is 2.80. The van der Waals surface area contributed by atoms with Crippen LogP contribution in [0.25, 0.3) is 0 Å². The number of hydrogen-bond acceptors (Lipinski definition) is 3. The van der Waals surface area contributed by atoms with Gasteiger partial charge in [0.25, 0.3) is 0 Å². The summed E-state index contributed by atoms with van der Waals surface area (Å²) in [7, 11) is 1.68. The van der Waals surface area contributed by atoms with Gasteiger partial charge in [0.1, 0.15) is 6.54 Å². The van der Waals surface area contributed by atoms with Crippen molar-refractivity contribution in [2.75, 3.05) is 33.4 Å². The fraction of sp³-hybridized carbons (Fsp3) is 0.917. The van der Waals surface area contributed by atoms with Crippen molar-refractivity contribution in [3.8, 4) is 0 Å². The SMILES string of the molecule is CCCCN(CC(F)(F)F)C(=O)C1COCC1NC. The standard InChI is InChI=1S/C12H21F3N2O2/c1-3-4-5-17(8-12(13,14)15)11(18)9-6-19-7-10(9)16-2/h9-10,16H,3-8H2,1-2H3. The molecule has 2 atom stereocenters. The Labute approximate surface area is 111 Å². The summed E-state index contributed by atoms with van der Waals surface area (Å²) in [6.07, 6.45) is -3.05. The number of amides is 1. The van der Waals surface area contributed by atoms with Gasteiger partial charge in [-0.2, -0.15) is 13.2 Å². The van der Waals surface area contributed by atoms with Gasteiger partial charge in [-0.3, -0.25) is 4.79 Å². The molecule has 2 unspecified atom stereocenters. The molecule has 0 aromatic carbocycles. The highest BCUT2D eigenvalue weighted by molar-refractivity contribution is 5.80. The molecule has 112 valence electrons. The average molecular weight is 282 g/mol. The van der Waals surface area contributed by atoms with Gasteiger partial charge in [-0.1, -0.05) is 13.3 Å². The Kier molecular flexibility index (Phi) is 6.06. The minimum Gasteiger partial charge on any atom is -0.379 e. The fourth-order valence-electron chi connectivity index (χ4n) is 2.15. The second-order valence-corrected chi connectivity index (χ2v) is 4.77. The molecule has 0 aromatic rings. The van der Waals surface area contributed by atoms with Gasteiger partial charge in [-0.15, -0.1) is 0 Å². The summed E-state index contributed by atoms with van der Waals surface area (Å²) in [5.74, 6) is -0.994. The first-order valence-corrected chi connectivity index (χ1v) is 6.49. The maximum absolute atomic E-state index is 12.5. The number of ether oxygens (including phenoxy) is 1. The molecule has 0 saturated carbocycles. The van der Waals surface area contributed by atoms with E-state index in [-0.39, 0.29) is 19.2 Å². The van der Waals surface area contributed by atoms with Crippen LogP contribution in [0, 0.1) is 5.92 Å². The van der Waals surface area contributed by atoms with Gasteiger partial charge in [0.05, 0.1) is 19.1 Å². The molecule has 0 aliphatic carbocycles. The third-order valence-electron chi connectivity index (χ3n) is 3.23. The number of nitrogens with zero attached hydrogens (tertiary/aromatic N) is 1. The zero-order valence-corrected chi connectivity index (χ0v) is 11.3. The van der Waals surface area contributed by atoms with E-state index in [1.54, 1.807) is 7.05 Å². The molecule has 1 aliphatic rings. The number of unbranched alkanes of at least 4 members (excludes halogenated alkanes) is 1. The van der Waals surface area contributed by atoms with E-state index < -0.39 is 24.5 Å². The molecule has 1 saturated heterocycles. The van der Waals surface area contributed by atoms with E-state index in [0.29, 0.717) is 13.0 Å². The van der Waals surface area contributed by atoms with Crippen molar-refractivity contribution in [3.63, 3.8) is 0 Å². The van der Waals surface area contributed by atoms with Crippen molar-refractivity contribution < 1.29 is 22.7 Å². The first-order valence-electron chi connectivity index (χ1n) is 6.49. The molecule has 1 rings (SSSR count). The van der Waals surface area contributed by atoms with Crippen LogP contribution in [-0.4, -0.2) is 56.4 Å². The summed E-state index contributed by atoms with van der Waals surface area (Å²) in [5.41, 5.74) is 0. The van der Waals surface area contributed by atoms with Gasteiger partial charge in [-0.05, 0) is 13.5 Å². The predicted octanol–water partition coefficient (Wildman–Crippen LogP) is 1.41. The number of halogens is 3. The molecule has 19 heavy (non-hydrogen) atoms. The van der Waals surface area contributed by atoms with Crippen molar-refractivity contribution in [1.29, 1.82) is 0 Å². The summed E-state index contributed by atoms with van der Waals surface area (Å²) < 4.78 is 42.7. The van der Waals surface area contributed by atoms with E-state index in [1.807, 2.05) is 6.92 Å². The van der Waals surface area contributed by atoms with Crippen LogP contribution in [0.15, 0.2) is 0 Å². The number of likely N-dealkylation sites (N-methyl/N-ethyl adjacent to an activating group) is 1. The molecule has 1 N–H and O–H groups in total. The molecule has 1 amide bonds. The van der Waals surface area contributed by atoms with Crippen molar-refractivity contribution in [2.45, 2.75) is 32.0 Å². The number of nitrogens with one attached hydrogen (secondary N) is 1. The van der Waals surface area contributed by atoms with Crippen LogP contribution in [0.5, 0.6) is 0 Å². The predicted molar refractivity (Wildman–Crippen MR) is 64.7 cm³/mol. The zero-order valence-electron chi connectivity index (χ0n) is 11.3. The molecule has 0 bridgehead atoms. The van der Waals surface area contributed by atoms with Crippen molar-refractivity contribution >= 4 is 5.91 Å². The molecular formula is C12H21F3N2O2. The largest absolute Gasteiger partial charge is 0.406 e. The van der Waals surface area contributed by atoms with E-state index in [4.69, 9.17) is 4.74 Å². The summed E-state index contributed by atoms with van der Waals surface area (Å²) in [6.45, 7) is 1.39. The quantitative estimate of drug-likeness (QED) is 0.801. The minimum absolute atomic E-state index is 0.141. The van der Waals surface area contributed by atoms with Gasteiger partial charge >= 0.3 is 6.18 Å². The van der Waals surface area contributed by atoms with E-state index in [0.717, 1.165) is 11.3 Å². The van der Waals surface area contributed by atoms with Gasteiger partial charge in [-0.25, -0.2) is 0 Å². The van der Waals surface area contributed by atoms with Crippen LogP contribution in [0.4, 0.5) is 13.2 Å². The van der Waals surface area contributed by atoms with Gasteiger partial charge < -0.3 is 15.0 Å². The van der Waals surface area contributed by atoms with Crippen molar-refractivity contribution in [1.82, 2.24) is 10.2 Å². The molecule has 7 heteroatoms. The van der Waals surface area contributed by atoms with Gasteiger partial charge in [0.15, 0.2) is 0 Å². The van der Waals surface area contributed by atoms with Gasteiger partial charge in [0.2, 0.25) is 5.91 Å². The van der Waals surface area contributed by atoms with Crippen LogP contribution in [0.1, 0.15) is 19.8 Å². The maximum atomic E-state index is 12.5. The Morgan fingerprint density at radius 3 is 2.63 bits per heavy atom. The number of carbonyl (C=O) groups is 1. The molecule has 1 fully saturated rings. The van der Waals surface area contributed by atoms with E-state index in [9.17, 15) is 18.0 Å². The lowest BCUT2D eigenvalue weighted by atomic mass is 10.0. The highest BCUT2D eigenvalue weighted by atomic mass is 19.4. The Hall–Kier alpha value is -0.820. The second kappa shape index (κ2) is 7.09. The Morgan fingerprint density at radius 1 is 1.42 bits per heavy atom. The topological polar surface area (TPSA) is 41.6 Å². The number of alkyl halides is 3. The molecule has 0 spiro atoms. The van der Waals surface area contributed by atoms with E-state index in [2.05, 4.69) is 5.32 Å². The number of rotatable bonds is 6. The third kappa shape index (κ3) is 4.99. The third-order valence-corrected chi connectivity index (χ3v) is 3.23. The second-order valence-electron chi connectivity index (χ2n) is 4.77. The van der Waals surface area contributed by atoms with Crippen LogP contribution < -0.4 is 5.32 Å². The monoisotopic (exact) mass is 282 g/mol. The first kappa shape index (κ1) is 16.2. The normalized spacial score (nSPS) is 23.6. The lowest BCUT2D eigenvalue weighted by molar-refractivity contribution is -0.164. The fourth-order valence-corrected chi connectivity index (χ4v) is 2.15. The molecule has 1 aliphatic heterocycles. The van der Waals surface area contributed by atoms with Crippen LogP contribution >= 0.6 is 0 Å². The van der Waals surface area contributed by atoms with E-state index in [1.165, 1.54) is 0 Å². The minimum atomic E-state index is -4.36. The van der Waals surface area contributed by atoms with E-state index >= 15 is 0 Å². The van der Waals surface area contributed by atoms with Crippen LogP contribution in [-0.2, 0) is 9.53 Å². The Morgan fingerprint density at radius 2 is 2.11 bits per heavy atom. The molecule has 1 heterocycles. The highest BCUT2D eigenvalue weighted by Crippen LogP contribution is 2.21. The molecular weight excluding hydrogens is 261 g/mol. The Bertz CT molecular complexity index is 297. The molecule has 0 radical (unpaired) electrons. The molecule has 4 nitrogen and oxygen atoms in total.